The second-order valence-corrected chi connectivity index (χ2v) is 3.93. The van der Waals surface area contributed by atoms with Gasteiger partial charge in [-0.3, -0.25) is 0 Å². The number of benzene rings is 1. The predicted octanol–water partition coefficient (Wildman–Crippen LogP) is 3.42. The third-order valence-corrected chi connectivity index (χ3v) is 2.71. The van der Waals surface area contributed by atoms with Gasteiger partial charge in [0.1, 0.15) is 11.6 Å². The van der Waals surface area contributed by atoms with Crippen molar-refractivity contribution in [2.45, 2.75) is 20.8 Å². The maximum absolute atomic E-state index is 13.4. The Kier molecular flexibility index (Phi) is 2.77. The molecular formula is C13H15FN2. The monoisotopic (exact) mass is 218 g/mol. The molecule has 0 bridgehead atoms. The number of hydrogen-bond acceptors (Lipinski definition) is 2. The Hall–Kier alpha value is -1.64. The number of pyridine rings is 1. The molecule has 0 unspecified atom stereocenters. The van der Waals surface area contributed by atoms with Gasteiger partial charge in [-0.05, 0) is 44.5 Å². The molecule has 0 saturated heterocycles. The quantitative estimate of drug-likeness (QED) is 0.835. The summed E-state index contributed by atoms with van der Waals surface area (Å²) in [5.74, 6) is 0.634. The zero-order chi connectivity index (χ0) is 11.7. The number of aromatic nitrogens is 1. The van der Waals surface area contributed by atoms with Crippen molar-refractivity contribution < 1.29 is 4.39 Å². The largest absolute Gasteiger partial charge is 0.370 e. The Bertz CT molecular complexity index is 535. The summed E-state index contributed by atoms with van der Waals surface area (Å²) >= 11 is 0. The van der Waals surface area contributed by atoms with Gasteiger partial charge in [-0.2, -0.15) is 0 Å². The molecule has 2 aromatic rings. The minimum atomic E-state index is -0.202. The standard InChI is InChI=1S/C13H15FN2/c1-4-15-13-8(2)7-10-5-6-11(14)9(3)12(10)16-13/h5-7H,4H2,1-3H3,(H,15,16). The van der Waals surface area contributed by atoms with Gasteiger partial charge in [-0.25, -0.2) is 9.37 Å². The van der Waals surface area contributed by atoms with Crippen molar-refractivity contribution >= 4 is 16.7 Å². The second kappa shape index (κ2) is 4.08. The molecule has 0 spiro atoms. The van der Waals surface area contributed by atoms with Crippen molar-refractivity contribution in [2.24, 2.45) is 0 Å². The molecule has 0 atom stereocenters. The molecule has 1 aromatic heterocycles. The number of anilines is 1. The molecule has 2 rings (SSSR count). The first kappa shape index (κ1) is 10.9. The van der Waals surface area contributed by atoms with E-state index in [0.717, 1.165) is 28.8 Å². The van der Waals surface area contributed by atoms with E-state index < -0.39 is 0 Å². The zero-order valence-corrected chi connectivity index (χ0v) is 9.76. The number of nitrogens with zero attached hydrogens (tertiary/aromatic N) is 1. The van der Waals surface area contributed by atoms with Crippen LogP contribution in [0.5, 0.6) is 0 Å². The normalized spacial score (nSPS) is 10.8. The molecule has 1 aromatic carbocycles. The van der Waals surface area contributed by atoms with E-state index >= 15 is 0 Å². The lowest BCUT2D eigenvalue weighted by molar-refractivity contribution is 0.620. The van der Waals surface area contributed by atoms with Crippen molar-refractivity contribution in [1.29, 1.82) is 0 Å². The smallest absolute Gasteiger partial charge is 0.129 e. The van der Waals surface area contributed by atoms with Gasteiger partial charge in [0, 0.05) is 17.5 Å². The predicted molar refractivity (Wildman–Crippen MR) is 65.3 cm³/mol. The summed E-state index contributed by atoms with van der Waals surface area (Å²) in [5, 5.41) is 4.17. The van der Waals surface area contributed by atoms with Crippen molar-refractivity contribution in [3.05, 3.63) is 35.1 Å². The first-order valence-electron chi connectivity index (χ1n) is 5.43. The van der Waals surface area contributed by atoms with Crippen LogP contribution in [0.3, 0.4) is 0 Å². The molecule has 0 aliphatic heterocycles. The van der Waals surface area contributed by atoms with Gasteiger partial charge in [-0.1, -0.05) is 0 Å². The van der Waals surface area contributed by atoms with Crippen LogP contribution >= 0.6 is 0 Å². The number of fused-ring (bicyclic) bond motifs is 1. The van der Waals surface area contributed by atoms with Crippen molar-refractivity contribution in [1.82, 2.24) is 4.98 Å². The molecule has 16 heavy (non-hydrogen) atoms. The molecule has 0 aliphatic rings. The molecule has 84 valence electrons. The minimum absolute atomic E-state index is 0.202. The van der Waals surface area contributed by atoms with E-state index in [9.17, 15) is 4.39 Å². The van der Waals surface area contributed by atoms with Crippen LogP contribution in [0.25, 0.3) is 10.9 Å². The van der Waals surface area contributed by atoms with Crippen molar-refractivity contribution in [3.63, 3.8) is 0 Å². The van der Waals surface area contributed by atoms with Gasteiger partial charge >= 0.3 is 0 Å². The highest BCUT2D eigenvalue weighted by Gasteiger charge is 2.07. The third-order valence-electron chi connectivity index (χ3n) is 2.71. The van der Waals surface area contributed by atoms with Crippen LogP contribution in [0.15, 0.2) is 18.2 Å². The molecule has 1 N–H and O–H groups in total. The topological polar surface area (TPSA) is 24.9 Å². The van der Waals surface area contributed by atoms with Crippen LogP contribution < -0.4 is 5.32 Å². The van der Waals surface area contributed by atoms with E-state index in [1.165, 1.54) is 6.07 Å². The average Bonchev–Trinajstić information content (AvgIpc) is 2.26. The zero-order valence-electron chi connectivity index (χ0n) is 9.76. The SMILES string of the molecule is CCNc1nc2c(C)c(F)ccc2cc1C. The summed E-state index contributed by atoms with van der Waals surface area (Å²) in [6.45, 7) is 6.59. The van der Waals surface area contributed by atoms with Gasteiger partial charge in [0.25, 0.3) is 0 Å². The fraction of sp³-hybridized carbons (Fsp3) is 0.308. The number of nitrogens with one attached hydrogen (secondary N) is 1. The van der Waals surface area contributed by atoms with Crippen LogP contribution in [0, 0.1) is 19.7 Å². The summed E-state index contributed by atoms with van der Waals surface area (Å²) in [6, 6.07) is 5.30. The lowest BCUT2D eigenvalue weighted by Crippen LogP contribution is -2.02. The van der Waals surface area contributed by atoms with Crippen LogP contribution in [-0.4, -0.2) is 11.5 Å². The maximum Gasteiger partial charge on any atom is 0.129 e. The highest BCUT2D eigenvalue weighted by molar-refractivity contribution is 5.84. The third kappa shape index (κ3) is 1.73. The Labute approximate surface area is 94.5 Å². The van der Waals surface area contributed by atoms with Gasteiger partial charge in [0.2, 0.25) is 0 Å². The first-order valence-corrected chi connectivity index (χ1v) is 5.43. The van der Waals surface area contributed by atoms with Crippen molar-refractivity contribution in [3.8, 4) is 0 Å². The van der Waals surface area contributed by atoms with Gasteiger partial charge < -0.3 is 5.32 Å². The Morgan fingerprint density at radius 1 is 1.31 bits per heavy atom. The highest BCUT2D eigenvalue weighted by atomic mass is 19.1. The first-order chi connectivity index (χ1) is 7.63. The van der Waals surface area contributed by atoms with Gasteiger partial charge in [-0.15, -0.1) is 0 Å². The number of hydrogen-bond donors (Lipinski definition) is 1. The maximum atomic E-state index is 13.4. The van der Waals surface area contributed by atoms with E-state index in [1.54, 1.807) is 13.0 Å². The number of halogens is 1. The summed E-state index contributed by atoms with van der Waals surface area (Å²) in [4.78, 5) is 4.47. The van der Waals surface area contributed by atoms with Gasteiger partial charge in [0.15, 0.2) is 0 Å². The van der Waals surface area contributed by atoms with Crippen LogP contribution in [0.4, 0.5) is 10.2 Å². The fourth-order valence-electron chi connectivity index (χ4n) is 1.81. The van der Waals surface area contributed by atoms with Gasteiger partial charge in [0.05, 0.1) is 5.52 Å². The summed E-state index contributed by atoms with van der Waals surface area (Å²) in [7, 11) is 0. The van der Waals surface area contributed by atoms with E-state index in [1.807, 2.05) is 19.9 Å². The second-order valence-electron chi connectivity index (χ2n) is 3.93. The molecule has 1 heterocycles. The van der Waals surface area contributed by atoms with E-state index in [4.69, 9.17) is 0 Å². The Morgan fingerprint density at radius 2 is 2.06 bits per heavy atom. The van der Waals surface area contributed by atoms with E-state index in [-0.39, 0.29) is 5.82 Å². The Balaban J connectivity index is 2.70. The molecule has 0 saturated carbocycles. The lowest BCUT2D eigenvalue weighted by atomic mass is 10.1. The molecular weight excluding hydrogens is 203 g/mol. The summed E-state index contributed by atoms with van der Waals surface area (Å²) in [6.07, 6.45) is 0. The molecule has 0 amide bonds. The fourth-order valence-corrected chi connectivity index (χ4v) is 1.81. The average molecular weight is 218 g/mol. The van der Waals surface area contributed by atoms with E-state index in [0.29, 0.717) is 5.56 Å². The van der Waals surface area contributed by atoms with Crippen LogP contribution in [-0.2, 0) is 0 Å². The molecule has 0 aliphatic carbocycles. The molecule has 3 heteroatoms. The van der Waals surface area contributed by atoms with Crippen molar-refractivity contribution in [2.75, 3.05) is 11.9 Å². The summed E-state index contributed by atoms with van der Waals surface area (Å²) < 4.78 is 13.4. The summed E-state index contributed by atoms with van der Waals surface area (Å²) in [5.41, 5.74) is 2.43. The number of aryl methyl sites for hydroxylation is 2. The highest BCUT2D eigenvalue weighted by Crippen LogP contribution is 2.23. The molecule has 2 nitrogen and oxygen atoms in total. The Morgan fingerprint density at radius 3 is 2.75 bits per heavy atom. The van der Waals surface area contributed by atoms with Crippen LogP contribution in [0.1, 0.15) is 18.1 Å². The lowest BCUT2D eigenvalue weighted by Gasteiger charge is -2.10. The van der Waals surface area contributed by atoms with E-state index in [2.05, 4.69) is 10.3 Å². The molecule has 0 radical (unpaired) electrons. The van der Waals surface area contributed by atoms with Crippen LogP contribution in [0.2, 0.25) is 0 Å². The minimum Gasteiger partial charge on any atom is -0.370 e. The number of rotatable bonds is 2. The molecule has 0 fully saturated rings.